The molecule has 4 amide bonds. The van der Waals surface area contributed by atoms with Crippen molar-refractivity contribution in [3.05, 3.63) is 24.3 Å². The summed E-state index contributed by atoms with van der Waals surface area (Å²) in [4.78, 5) is 26.3. The summed E-state index contributed by atoms with van der Waals surface area (Å²) in [6.45, 7) is 4.59. The standard InChI is InChI=1S/C18H26N4O2/c1-3-19-17(23)20-14-5-4-6-15(11-14)21-18(24)22(16-9-10-16)12(2)13-7-8-13/h4-6,11-13,16H,3,7-10H2,1-2H3,(H,21,24)(H2,19,20,23)/t12-/m0/s1. The number of amides is 4. The molecule has 6 heteroatoms. The Kier molecular flexibility index (Phi) is 4.92. The average Bonchev–Trinajstić information content (AvgIpc) is 3.41. The molecule has 1 atom stereocenters. The lowest BCUT2D eigenvalue weighted by Crippen LogP contribution is -2.44. The lowest BCUT2D eigenvalue weighted by atomic mass is 10.2. The van der Waals surface area contributed by atoms with Crippen molar-refractivity contribution < 1.29 is 9.59 Å². The summed E-state index contributed by atoms with van der Waals surface area (Å²) in [6.07, 6.45) is 4.65. The van der Waals surface area contributed by atoms with Gasteiger partial charge in [0.25, 0.3) is 0 Å². The molecule has 2 saturated carbocycles. The molecule has 6 nitrogen and oxygen atoms in total. The van der Waals surface area contributed by atoms with Crippen molar-refractivity contribution in [3.63, 3.8) is 0 Å². The van der Waals surface area contributed by atoms with Crippen molar-refractivity contribution in [2.75, 3.05) is 17.2 Å². The van der Waals surface area contributed by atoms with Crippen LogP contribution in [-0.2, 0) is 0 Å². The van der Waals surface area contributed by atoms with Gasteiger partial charge in [-0.2, -0.15) is 0 Å². The van der Waals surface area contributed by atoms with Gasteiger partial charge in [-0.1, -0.05) is 6.07 Å². The van der Waals surface area contributed by atoms with Gasteiger partial charge in [0.05, 0.1) is 0 Å². The molecule has 0 radical (unpaired) electrons. The number of carbonyl (C=O) groups is 2. The van der Waals surface area contributed by atoms with Gasteiger partial charge in [0, 0.05) is 30.0 Å². The molecular weight excluding hydrogens is 304 g/mol. The third-order valence-corrected chi connectivity index (χ3v) is 4.63. The number of urea groups is 2. The molecule has 0 aromatic heterocycles. The minimum absolute atomic E-state index is 0.0351. The zero-order valence-electron chi connectivity index (χ0n) is 14.3. The van der Waals surface area contributed by atoms with Crippen LogP contribution in [0.3, 0.4) is 0 Å². The van der Waals surface area contributed by atoms with E-state index in [4.69, 9.17) is 0 Å². The molecule has 0 unspecified atom stereocenters. The van der Waals surface area contributed by atoms with Gasteiger partial charge in [-0.05, 0) is 63.6 Å². The van der Waals surface area contributed by atoms with E-state index in [0.29, 0.717) is 35.9 Å². The average molecular weight is 330 g/mol. The van der Waals surface area contributed by atoms with Gasteiger partial charge in [0.15, 0.2) is 0 Å². The van der Waals surface area contributed by atoms with Gasteiger partial charge in [-0.25, -0.2) is 9.59 Å². The van der Waals surface area contributed by atoms with Gasteiger partial charge in [0.1, 0.15) is 0 Å². The predicted octanol–water partition coefficient (Wildman–Crippen LogP) is 3.62. The summed E-state index contributed by atoms with van der Waals surface area (Å²) in [5, 5.41) is 8.43. The number of hydrogen-bond donors (Lipinski definition) is 3. The Hall–Kier alpha value is -2.24. The molecule has 3 N–H and O–H groups in total. The van der Waals surface area contributed by atoms with E-state index in [2.05, 4.69) is 22.9 Å². The summed E-state index contributed by atoms with van der Waals surface area (Å²) in [5.74, 6) is 0.655. The van der Waals surface area contributed by atoms with E-state index in [9.17, 15) is 9.59 Å². The second kappa shape index (κ2) is 7.11. The highest BCUT2D eigenvalue weighted by molar-refractivity contribution is 5.93. The molecule has 130 valence electrons. The number of carbonyl (C=O) groups excluding carboxylic acids is 2. The summed E-state index contributed by atoms with van der Waals surface area (Å²) >= 11 is 0. The fourth-order valence-electron chi connectivity index (χ4n) is 3.04. The Morgan fingerprint density at radius 2 is 1.83 bits per heavy atom. The lowest BCUT2D eigenvalue weighted by molar-refractivity contribution is 0.180. The molecule has 2 aliphatic rings. The second-order valence-electron chi connectivity index (χ2n) is 6.71. The molecule has 1 aromatic carbocycles. The van der Waals surface area contributed by atoms with Gasteiger partial charge < -0.3 is 20.9 Å². The highest BCUT2D eigenvalue weighted by atomic mass is 16.2. The first-order valence-corrected chi connectivity index (χ1v) is 8.82. The van der Waals surface area contributed by atoms with E-state index < -0.39 is 0 Å². The van der Waals surface area contributed by atoms with Crippen LogP contribution in [0.5, 0.6) is 0 Å². The topological polar surface area (TPSA) is 73.5 Å². The van der Waals surface area contributed by atoms with Crippen molar-refractivity contribution in [3.8, 4) is 0 Å². The molecule has 0 bridgehead atoms. The quantitative estimate of drug-likeness (QED) is 0.745. The van der Waals surface area contributed by atoms with E-state index in [1.165, 1.54) is 12.8 Å². The van der Waals surface area contributed by atoms with Crippen molar-refractivity contribution in [1.29, 1.82) is 0 Å². The first-order valence-electron chi connectivity index (χ1n) is 8.82. The predicted molar refractivity (Wildman–Crippen MR) is 95.2 cm³/mol. The highest BCUT2D eigenvalue weighted by Gasteiger charge is 2.41. The number of rotatable bonds is 6. The van der Waals surface area contributed by atoms with E-state index in [1.54, 1.807) is 12.1 Å². The van der Waals surface area contributed by atoms with E-state index >= 15 is 0 Å². The third-order valence-electron chi connectivity index (χ3n) is 4.63. The van der Waals surface area contributed by atoms with Crippen LogP contribution in [0, 0.1) is 5.92 Å². The molecule has 24 heavy (non-hydrogen) atoms. The Balaban J connectivity index is 1.63. The molecule has 2 aliphatic carbocycles. The normalized spacial score (nSPS) is 17.8. The number of anilines is 2. The molecule has 0 spiro atoms. The monoisotopic (exact) mass is 330 g/mol. The van der Waals surface area contributed by atoms with Crippen LogP contribution in [0.1, 0.15) is 39.5 Å². The molecule has 0 heterocycles. The lowest BCUT2D eigenvalue weighted by Gasteiger charge is -2.29. The van der Waals surface area contributed by atoms with Gasteiger partial charge >= 0.3 is 12.1 Å². The number of benzene rings is 1. The van der Waals surface area contributed by atoms with E-state index in [1.807, 2.05) is 24.0 Å². The fourth-order valence-corrected chi connectivity index (χ4v) is 3.04. The molecule has 1 aromatic rings. The summed E-state index contributed by atoms with van der Waals surface area (Å²) in [7, 11) is 0. The van der Waals surface area contributed by atoms with Crippen LogP contribution in [0.4, 0.5) is 21.0 Å². The zero-order valence-corrected chi connectivity index (χ0v) is 14.3. The fraction of sp³-hybridized carbons (Fsp3) is 0.556. The van der Waals surface area contributed by atoms with Crippen LogP contribution < -0.4 is 16.0 Å². The summed E-state index contributed by atoms with van der Waals surface area (Å²) in [5.41, 5.74) is 1.36. The van der Waals surface area contributed by atoms with Crippen molar-refractivity contribution in [2.24, 2.45) is 5.92 Å². The maximum atomic E-state index is 12.7. The maximum Gasteiger partial charge on any atom is 0.322 e. The van der Waals surface area contributed by atoms with Crippen molar-refractivity contribution in [1.82, 2.24) is 10.2 Å². The Bertz CT molecular complexity index is 611. The summed E-state index contributed by atoms with van der Waals surface area (Å²) < 4.78 is 0. The minimum Gasteiger partial charge on any atom is -0.338 e. The first kappa shape index (κ1) is 16.6. The summed E-state index contributed by atoms with van der Waals surface area (Å²) in [6, 6.07) is 7.65. The maximum absolute atomic E-state index is 12.7. The molecular formula is C18H26N4O2. The smallest absolute Gasteiger partial charge is 0.322 e. The van der Waals surface area contributed by atoms with Crippen LogP contribution in [0.2, 0.25) is 0 Å². The second-order valence-corrected chi connectivity index (χ2v) is 6.71. The Labute approximate surface area is 143 Å². The zero-order chi connectivity index (χ0) is 17.1. The van der Waals surface area contributed by atoms with Crippen LogP contribution in [0.25, 0.3) is 0 Å². The largest absolute Gasteiger partial charge is 0.338 e. The van der Waals surface area contributed by atoms with Gasteiger partial charge in [-0.3, -0.25) is 0 Å². The molecule has 0 aliphatic heterocycles. The van der Waals surface area contributed by atoms with Gasteiger partial charge in [0.2, 0.25) is 0 Å². The number of nitrogens with zero attached hydrogens (tertiary/aromatic N) is 1. The Morgan fingerprint density at radius 3 is 2.42 bits per heavy atom. The third kappa shape index (κ3) is 4.19. The minimum atomic E-state index is -0.247. The molecule has 3 rings (SSSR count). The van der Waals surface area contributed by atoms with Crippen LogP contribution in [0.15, 0.2) is 24.3 Å². The van der Waals surface area contributed by atoms with E-state index in [-0.39, 0.29) is 12.1 Å². The first-order chi connectivity index (χ1) is 11.6. The number of nitrogens with one attached hydrogen (secondary N) is 3. The van der Waals surface area contributed by atoms with Crippen LogP contribution >= 0.6 is 0 Å². The highest BCUT2D eigenvalue weighted by Crippen LogP contribution is 2.40. The molecule has 0 saturated heterocycles. The van der Waals surface area contributed by atoms with Crippen molar-refractivity contribution in [2.45, 2.75) is 51.6 Å². The Morgan fingerprint density at radius 1 is 1.17 bits per heavy atom. The van der Waals surface area contributed by atoms with Crippen molar-refractivity contribution >= 4 is 23.4 Å². The van der Waals surface area contributed by atoms with Gasteiger partial charge in [-0.15, -0.1) is 0 Å². The number of hydrogen-bond acceptors (Lipinski definition) is 2. The van der Waals surface area contributed by atoms with Crippen LogP contribution in [-0.4, -0.2) is 35.6 Å². The van der Waals surface area contributed by atoms with E-state index in [0.717, 1.165) is 12.8 Å². The molecule has 2 fully saturated rings. The SMILES string of the molecule is CCNC(=O)Nc1cccc(NC(=O)N(C2CC2)[C@@H](C)C2CC2)c1.